The maximum absolute atomic E-state index is 12.2. The second kappa shape index (κ2) is 5.56. The molecule has 0 aliphatic carbocycles. The Morgan fingerprint density at radius 2 is 2.10 bits per heavy atom. The van der Waals surface area contributed by atoms with E-state index >= 15 is 0 Å². The van der Waals surface area contributed by atoms with Crippen molar-refractivity contribution in [1.29, 1.82) is 0 Å². The van der Waals surface area contributed by atoms with Crippen LogP contribution in [0.1, 0.15) is 0 Å². The van der Waals surface area contributed by atoms with Crippen LogP contribution < -0.4 is 15.2 Å². The van der Waals surface area contributed by atoms with Crippen molar-refractivity contribution in [3.05, 3.63) is 41.7 Å². The van der Waals surface area contributed by atoms with Crippen molar-refractivity contribution in [2.45, 2.75) is 4.90 Å². The number of hydrogen-bond donors (Lipinski definition) is 2. The molecule has 2 rings (SSSR count). The SMILES string of the molecule is COc1ccc(Cl)c(NS(=O)(=O)c2cnccc2N)c1. The van der Waals surface area contributed by atoms with Gasteiger partial charge >= 0.3 is 0 Å². The Morgan fingerprint density at radius 1 is 1.35 bits per heavy atom. The number of aromatic nitrogens is 1. The maximum atomic E-state index is 12.2. The molecule has 0 bridgehead atoms. The summed E-state index contributed by atoms with van der Waals surface area (Å²) >= 11 is 5.96. The van der Waals surface area contributed by atoms with Crippen LogP contribution in [-0.4, -0.2) is 20.5 Å². The van der Waals surface area contributed by atoms with Crippen LogP contribution in [0, 0.1) is 0 Å². The molecule has 3 N–H and O–H groups in total. The van der Waals surface area contributed by atoms with Crippen molar-refractivity contribution in [1.82, 2.24) is 4.98 Å². The van der Waals surface area contributed by atoms with Crippen LogP contribution in [-0.2, 0) is 10.0 Å². The monoisotopic (exact) mass is 313 g/mol. The first-order valence-electron chi connectivity index (χ1n) is 5.50. The molecule has 2 aromatic rings. The Kier molecular flexibility index (Phi) is 4.01. The average Bonchev–Trinajstić information content (AvgIpc) is 2.41. The molecule has 0 radical (unpaired) electrons. The zero-order valence-electron chi connectivity index (χ0n) is 10.5. The molecule has 6 nitrogen and oxygen atoms in total. The fourth-order valence-electron chi connectivity index (χ4n) is 1.52. The smallest absolute Gasteiger partial charge is 0.265 e. The van der Waals surface area contributed by atoms with Crippen molar-refractivity contribution in [2.24, 2.45) is 0 Å². The van der Waals surface area contributed by atoms with E-state index in [0.29, 0.717) is 5.75 Å². The molecule has 0 spiro atoms. The molecule has 1 heterocycles. The summed E-state index contributed by atoms with van der Waals surface area (Å²) in [7, 11) is -2.40. The standard InChI is InChI=1S/C12H12ClN3O3S/c1-19-8-2-3-9(13)11(6-8)16-20(17,18)12-7-15-5-4-10(12)14/h2-7,16H,1H3,(H2,14,15). The van der Waals surface area contributed by atoms with Crippen LogP contribution in [0.2, 0.25) is 5.02 Å². The lowest BCUT2D eigenvalue weighted by atomic mass is 10.3. The average molecular weight is 314 g/mol. The summed E-state index contributed by atoms with van der Waals surface area (Å²) in [5, 5.41) is 0.247. The summed E-state index contributed by atoms with van der Waals surface area (Å²) in [6.45, 7) is 0. The number of nitrogens with two attached hydrogens (primary N) is 1. The normalized spacial score (nSPS) is 11.1. The second-order valence-corrected chi connectivity index (χ2v) is 5.92. The van der Waals surface area contributed by atoms with E-state index in [1.54, 1.807) is 6.07 Å². The third kappa shape index (κ3) is 2.94. The van der Waals surface area contributed by atoms with Crippen molar-refractivity contribution in [3.8, 4) is 5.75 Å². The molecule has 0 saturated carbocycles. The van der Waals surface area contributed by atoms with Gasteiger partial charge in [0, 0.05) is 18.5 Å². The first kappa shape index (κ1) is 14.4. The summed E-state index contributed by atoms with van der Waals surface area (Å²) in [4.78, 5) is 3.64. The van der Waals surface area contributed by atoms with Crippen LogP contribution in [0.15, 0.2) is 41.6 Å². The van der Waals surface area contributed by atoms with E-state index in [4.69, 9.17) is 22.1 Å². The number of ether oxygens (including phenoxy) is 1. The zero-order valence-corrected chi connectivity index (χ0v) is 12.1. The predicted octanol–water partition coefficient (Wildman–Crippen LogP) is 2.13. The van der Waals surface area contributed by atoms with Crippen molar-refractivity contribution in [3.63, 3.8) is 0 Å². The molecule has 0 aliphatic rings. The molecule has 0 saturated heterocycles. The second-order valence-electron chi connectivity index (χ2n) is 3.86. The first-order chi connectivity index (χ1) is 9.44. The molecule has 0 aliphatic heterocycles. The van der Waals surface area contributed by atoms with E-state index in [9.17, 15) is 8.42 Å². The highest BCUT2D eigenvalue weighted by molar-refractivity contribution is 7.92. The van der Waals surface area contributed by atoms with E-state index in [0.717, 1.165) is 0 Å². The number of sulfonamides is 1. The van der Waals surface area contributed by atoms with Crippen LogP contribution in [0.3, 0.4) is 0 Å². The number of anilines is 2. The van der Waals surface area contributed by atoms with E-state index in [2.05, 4.69) is 9.71 Å². The van der Waals surface area contributed by atoms with Gasteiger partial charge in [0.05, 0.1) is 23.5 Å². The van der Waals surface area contributed by atoms with Crippen molar-refractivity contribution in [2.75, 3.05) is 17.6 Å². The quantitative estimate of drug-likeness (QED) is 0.901. The van der Waals surface area contributed by atoms with Crippen LogP contribution in [0.5, 0.6) is 5.75 Å². The number of benzene rings is 1. The summed E-state index contributed by atoms with van der Waals surface area (Å²) in [6, 6.07) is 6.04. The molecule has 0 fully saturated rings. The number of nitrogens with one attached hydrogen (secondary N) is 1. The number of nitrogens with zero attached hydrogens (tertiary/aromatic N) is 1. The Bertz CT molecular complexity index is 734. The number of hydrogen-bond acceptors (Lipinski definition) is 5. The van der Waals surface area contributed by atoms with Crippen molar-refractivity contribution < 1.29 is 13.2 Å². The van der Waals surface area contributed by atoms with Gasteiger partial charge in [-0.05, 0) is 18.2 Å². The minimum absolute atomic E-state index is 0.103. The topological polar surface area (TPSA) is 94.3 Å². The summed E-state index contributed by atoms with van der Waals surface area (Å²) in [5.74, 6) is 0.478. The molecule has 106 valence electrons. The van der Waals surface area contributed by atoms with E-state index in [1.165, 1.54) is 37.7 Å². The van der Waals surface area contributed by atoms with E-state index < -0.39 is 10.0 Å². The molecule has 0 amide bonds. The van der Waals surface area contributed by atoms with Gasteiger partial charge in [-0.2, -0.15) is 0 Å². The molecule has 1 aromatic carbocycles. The molecular formula is C12H12ClN3O3S. The fourth-order valence-corrected chi connectivity index (χ4v) is 2.89. The molecule has 20 heavy (non-hydrogen) atoms. The third-order valence-corrected chi connectivity index (χ3v) is 4.26. The van der Waals surface area contributed by atoms with Crippen LogP contribution in [0.4, 0.5) is 11.4 Å². The predicted molar refractivity (Wildman–Crippen MR) is 77.5 cm³/mol. The summed E-state index contributed by atoms with van der Waals surface area (Å²) in [6.07, 6.45) is 2.58. The molecule has 1 aromatic heterocycles. The van der Waals surface area contributed by atoms with Gasteiger partial charge in [0.15, 0.2) is 0 Å². The number of methoxy groups -OCH3 is 1. The van der Waals surface area contributed by atoms with Gasteiger partial charge in [-0.1, -0.05) is 11.6 Å². The molecule has 0 atom stereocenters. The van der Waals surface area contributed by atoms with Gasteiger partial charge in [0.2, 0.25) is 0 Å². The minimum Gasteiger partial charge on any atom is -0.497 e. The first-order valence-corrected chi connectivity index (χ1v) is 7.36. The number of nitrogen functional groups attached to an aromatic ring is 1. The van der Waals surface area contributed by atoms with E-state index in [-0.39, 0.29) is 21.3 Å². The highest BCUT2D eigenvalue weighted by atomic mass is 35.5. The Balaban J connectivity index is 2.41. The molecule has 8 heteroatoms. The van der Waals surface area contributed by atoms with Gasteiger partial charge in [-0.15, -0.1) is 0 Å². The number of pyridine rings is 1. The lowest BCUT2D eigenvalue weighted by Gasteiger charge is -2.11. The Hall–Kier alpha value is -1.99. The highest BCUT2D eigenvalue weighted by Crippen LogP contribution is 2.29. The summed E-state index contributed by atoms with van der Waals surface area (Å²) < 4.78 is 31.9. The van der Waals surface area contributed by atoms with Crippen molar-refractivity contribution >= 4 is 33.0 Å². The Labute approximate surface area is 121 Å². The number of halogens is 1. The Morgan fingerprint density at radius 3 is 2.75 bits per heavy atom. The van der Waals surface area contributed by atoms with Crippen LogP contribution in [0.25, 0.3) is 0 Å². The molecule has 0 unspecified atom stereocenters. The lowest BCUT2D eigenvalue weighted by Crippen LogP contribution is -2.15. The van der Waals surface area contributed by atoms with Gasteiger partial charge in [-0.25, -0.2) is 8.42 Å². The van der Waals surface area contributed by atoms with Crippen LogP contribution >= 0.6 is 11.6 Å². The zero-order chi connectivity index (χ0) is 14.8. The summed E-state index contributed by atoms with van der Waals surface area (Å²) in [5.41, 5.74) is 5.94. The largest absolute Gasteiger partial charge is 0.497 e. The van der Waals surface area contributed by atoms with Gasteiger partial charge in [0.25, 0.3) is 10.0 Å². The third-order valence-electron chi connectivity index (χ3n) is 2.52. The van der Waals surface area contributed by atoms with Gasteiger partial charge in [-0.3, -0.25) is 9.71 Å². The highest BCUT2D eigenvalue weighted by Gasteiger charge is 2.19. The maximum Gasteiger partial charge on any atom is 0.265 e. The fraction of sp³-hybridized carbons (Fsp3) is 0.0833. The number of rotatable bonds is 4. The van der Waals surface area contributed by atoms with E-state index in [1.807, 2.05) is 0 Å². The van der Waals surface area contributed by atoms with Gasteiger partial charge in [0.1, 0.15) is 10.6 Å². The lowest BCUT2D eigenvalue weighted by molar-refractivity contribution is 0.415. The minimum atomic E-state index is -3.87. The molecular weight excluding hydrogens is 302 g/mol. The van der Waals surface area contributed by atoms with Gasteiger partial charge < -0.3 is 10.5 Å².